The fourth-order valence-corrected chi connectivity index (χ4v) is 16.9. The van der Waals surface area contributed by atoms with E-state index in [9.17, 15) is 5.11 Å². The van der Waals surface area contributed by atoms with Crippen molar-refractivity contribution in [2.75, 3.05) is 6.26 Å². The van der Waals surface area contributed by atoms with Gasteiger partial charge in [-0.3, -0.25) is 0 Å². The molecule has 3 aliphatic carbocycles. The summed E-state index contributed by atoms with van der Waals surface area (Å²) in [5.41, 5.74) is 4.21. The lowest BCUT2D eigenvalue weighted by atomic mass is 9.50. The predicted molar refractivity (Wildman–Crippen MR) is 200 cm³/mol. The summed E-state index contributed by atoms with van der Waals surface area (Å²) in [6, 6.07) is 4.46. The van der Waals surface area contributed by atoms with Gasteiger partial charge in [-0.25, -0.2) is 0 Å². The Bertz CT molecular complexity index is 1060. The van der Waals surface area contributed by atoms with Crippen LogP contribution in [-0.2, 0) is 13.6 Å². The van der Waals surface area contributed by atoms with Gasteiger partial charge in [-0.15, -0.1) is 0 Å². The SMILES string of the molecule is C=C1[C@@H](O[Si](CC)(CC)C(C)C)CC[C@]2(C)[C@@H]1C[C@@H]1C[C@H](O[Si](CC)(CC)C(C)C)C(C)=C([C@@H](OC(=S)SC)[C@@H]2O)C1(C)C. The van der Waals surface area contributed by atoms with Gasteiger partial charge in [0.1, 0.15) is 12.2 Å². The molecular weight excluding hydrogens is 617 g/mol. The first-order valence-corrected chi connectivity index (χ1v) is 24.1. The first kappa shape index (κ1) is 38.5. The van der Waals surface area contributed by atoms with Crippen molar-refractivity contribution in [3.63, 3.8) is 0 Å². The van der Waals surface area contributed by atoms with Crippen LogP contribution in [0.15, 0.2) is 23.3 Å². The van der Waals surface area contributed by atoms with Crippen LogP contribution in [0.1, 0.15) is 109 Å². The van der Waals surface area contributed by atoms with Gasteiger partial charge in [0.05, 0.1) is 12.2 Å². The molecule has 4 nitrogen and oxygen atoms in total. The van der Waals surface area contributed by atoms with E-state index in [-0.39, 0.29) is 29.0 Å². The second-order valence-electron chi connectivity index (χ2n) is 15.7. The Kier molecular flexibility index (Phi) is 12.8. The lowest BCUT2D eigenvalue weighted by Gasteiger charge is -2.59. The van der Waals surface area contributed by atoms with Crippen molar-refractivity contribution < 1.29 is 18.7 Å². The number of hydrogen-bond donors (Lipinski definition) is 1. The fourth-order valence-electron chi connectivity index (χ4n) is 9.48. The van der Waals surface area contributed by atoms with Crippen LogP contribution in [0.2, 0.25) is 35.3 Å². The summed E-state index contributed by atoms with van der Waals surface area (Å²) < 4.78 is 21.8. The smallest absolute Gasteiger partial charge is 0.220 e. The minimum atomic E-state index is -1.97. The Morgan fingerprint density at radius 3 is 1.91 bits per heavy atom. The van der Waals surface area contributed by atoms with Gasteiger partial charge in [-0.1, -0.05) is 94.5 Å². The van der Waals surface area contributed by atoms with Crippen molar-refractivity contribution in [1.82, 2.24) is 0 Å². The van der Waals surface area contributed by atoms with Crippen LogP contribution in [-0.4, -0.2) is 56.8 Å². The standard InChI is InChI=1S/C36H66O4S2Si2/c1-15-43(16-2,23(5)6)39-29-19-20-36(13)28(25(29)9)21-27-22-30(40-44(17-3,18-4)24(7)8)26(10)31(35(27,11)12)32(33(36)37)38-34(41)42-14/h23-24,27-30,32-33,37H,9,15-22H2,1-8,10-14H3/t27-,28-,29+,30+,32-,33+,36-/m1/s1. The van der Waals surface area contributed by atoms with Crippen molar-refractivity contribution in [3.8, 4) is 0 Å². The molecule has 0 spiro atoms. The Hall–Kier alpha value is 0.0338. The number of aliphatic hydroxyl groups excluding tert-OH is 1. The van der Waals surface area contributed by atoms with Gasteiger partial charge >= 0.3 is 0 Å². The zero-order valence-electron chi connectivity index (χ0n) is 30.5. The van der Waals surface area contributed by atoms with Crippen molar-refractivity contribution in [3.05, 3.63) is 23.3 Å². The van der Waals surface area contributed by atoms with Crippen molar-refractivity contribution in [2.45, 2.75) is 168 Å². The highest BCUT2D eigenvalue weighted by atomic mass is 32.2. The molecule has 2 saturated carbocycles. The van der Waals surface area contributed by atoms with Crippen LogP contribution in [0.25, 0.3) is 0 Å². The van der Waals surface area contributed by atoms with E-state index in [1.807, 2.05) is 6.26 Å². The highest BCUT2D eigenvalue weighted by molar-refractivity contribution is 8.22. The summed E-state index contributed by atoms with van der Waals surface area (Å²) in [7, 11) is -3.89. The van der Waals surface area contributed by atoms with Crippen molar-refractivity contribution in [1.29, 1.82) is 0 Å². The molecule has 3 aliphatic rings. The molecule has 0 aliphatic heterocycles. The third kappa shape index (κ3) is 6.80. The van der Waals surface area contributed by atoms with E-state index in [0.29, 0.717) is 21.4 Å². The minimum Gasteiger partial charge on any atom is -0.468 e. The number of ether oxygens (including phenoxy) is 1. The van der Waals surface area contributed by atoms with Gasteiger partial charge in [0.15, 0.2) is 16.6 Å². The maximum absolute atomic E-state index is 12.6. The number of thiocarbonyl (C=S) groups is 1. The predicted octanol–water partition coefficient (Wildman–Crippen LogP) is 10.7. The van der Waals surface area contributed by atoms with Crippen LogP contribution in [0.5, 0.6) is 0 Å². The van der Waals surface area contributed by atoms with Gasteiger partial charge in [-0.05, 0) is 120 Å². The summed E-state index contributed by atoms with van der Waals surface area (Å²) in [5, 5.41) is 12.6. The maximum Gasteiger partial charge on any atom is 0.220 e. The highest BCUT2D eigenvalue weighted by Gasteiger charge is 2.59. The molecule has 0 aromatic carbocycles. The van der Waals surface area contributed by atoms with E-state index < -0.39 is 28.8 Å². The second kappa shape index (κ2) is 14.7. The molecule has 0 aromatic heterocycles. The molecule has 0 heterocycles. The monoisotopic (exact) mass is 682 g/mol. The van der Waals surface area contributed by atoms with Crippen LogP contribution >= 0.6 is 24.0 Å². The molecule has 254 valence electrons. The van der Waals surface area contributed by atoms with E-state index in [2.05, 4.69) is 83.1 Å². The Balaban J connectivity index is 2.18. The average molecular weight is 683 g/mol. The first-order valence-electron chi connectivity index (χ1n) is 17.6. The summed E-state index contributed by atoms with van der Waals surface area (Å²) >= 11 is 7.15. The van der Waals surface area contributed by atoms with Crippen LogP contribution in [0.3, 0.4) is 0 Å². The Labute approximate surface area is 283 Å². The normalized spacial score (nSPS) is 32.9. The van der Waals surface area contributed by atoms with Crippen LogP contribution in [0, 0.1) is 22.7 Å². The highest BCUT2D eigenvalue weighted by Crippen LogP contribution is 2.60. The molecule has 0 aromatic rings. The third-order valence-electron chi connectivity index (χ3n) is 13.1. The van der Waals surface area contributed by atoms with E-state index in [4.69, 9.17) is 32.4 Å². The second-order valence-corrected chi connectivity index (χ2v) is 26.9. The lowest BCUT2D eigenvalue weighted by Crippen LogP contribution is -2.59. The molecule has 3 rings (SSSR count). The Morgan fingerprint density at radius 2 is 1.45 bits per heavy atom. The van der Waals surface area contributed by atoms with Gasteiger partial charge < -0.3 is 18.7 Å². The molecule has 8 heteroatoms. The number of rotatable bonds is 11. The fraction of sp³-hybridized carbons (Fsp3) is 0.861. The Morgan fingerprint density at radius 1 is 0.955 bits per heavy atom. The lowest BCUT2D eigenvalue weighted by molar-refractivity contribution is -0.108. The zero-order chi connectivity index (χ0) is 33.4. The molecule has 0 radical (unpaired) electrons. The van der Waals surface area contributed by atoms with E-state index in [1.54, 1.807) is 0 Å². The number of hydrogen-bond acceptors (Lipinski definition) is 6. The summed E-state index contributed by atoms with van der Waals surface area (Å²) in [4.78, 5) is 0. The summed E-state index contributed by atoms with van der Waals surface area (Å²) in [6.07, 6.45) is 4.60. The topological polar surface area (TPSA) is 47.9 Å². The van der Waals surface area contributed by atoms with Gasteiger partial charge in [0, 0.05) is 5.41 Å². The first-order chi connectivity index (χ1) is 20.4. The third-order valence-corrected chi connectivity index (χ3v) is 24.7. The molecule has 0 amide bonds. The average Bonchev–Trinajstić information content (AvgIpc) is 2.97. The molecule has 7 atom stereocenters. The van der Waals surface area contributed by atoms with Crippen LogP contribution in [0.4, 0.5) is 0 Å². The zero-order valence-corrected chi connectivity index (χ0v) is 34.1. The van der Waals surface area contributed by atoms with Crippen molar-refractivity contribution >= 4 is 45.0 Å². The van der Waals surface area contributed by atoms with E-state index >= 15 is 0 Å². The molecule has 0 saturated heterocycles. The molecule has 0 unspecified atom stereocenters. The van der Waals surface area contributed by atoms with E-state index in [0.717, 1.165) is 49.9 Å². The van der Waals surface area contributed by atoms with Gasteiger partial charge in [0.25, 0.3) is 0 Å². The largest absolute Gasteiger partial charge is 0.468 e. The molecule has 2 bridgehead atoms. The molecular formula is C36H66O4S2Si2. The number of fused-ring (bicyclic) bond motifs is 3. The minimum absolute atomic E-state index is 0.0348. The van der Waals surface area contributed by atoms with E-state index in [1.165, 1.54) is 28.5 Å². The summed E-state index contributed by atoms with van der Waals surface area (Å²) in [6.45, 7) is 32.8. The summed E-state index contributed by atoms with van der Waals surface area (Å²) in [5.74, 6) is 0.497. The number of aliphatic hydroxyl groups is 1. The van der Waals surface area contributed by atoms with Gasteiger partial charge in [0.2, 0.25) is 4.38 Å². The molecule has 1 N–H and O–H groups in total. The number of thioether (sulfide) groups is 1. The van der Waals surface area contributed by atoms with Crippen molar-refractivity contribution in [2.24, 2.45) is 22.7 Å². The quantitative estimate of drug-likeness (QED) is 0.133. The maximum atomic E-state index is 12.6. The van der Waals surface area contributed by atoms with Gasteiger partial charge in [-0.2, -0.15) is 0 Å². The molecule has 44 heavy (non-hydrogen) atoms. The van der Waals surface area contributed by atoms with Crippen LogP contribution < -0.4 is 0 Å². The molecule has 2 fully saturated rings.